The topological polar surface area (TPSA) is 9.23 Å². The van der Waals surface area contributed by atoms with Crippen LogP contribution in [0.25, 0.3) is 6.08 Å². The molecule has 0 saturated carbocycles. The van der Waals surface area contributed by atoms with Crippen LogP contribution in [0.1, 0.15) is 19.4 Å². The summed E-state index contributed by atoms with van der Waals surface area (Å²) < 4.78 is 5.74. The molecule has 1 rings (SSSR count). The van der Waals surface area contributed by atoms with E-state index in [9.17, 15) is 0 Å². The van der Waals surface area contributed by atoms with E-state index in [1.54, 1.807) is 0 Å². The fourth-order valence-electron chi connectivity index (χ4n) is 1.43. The Labute approximate surface area is 101 Å². The van der Waals surface area contributed by atoms with Crippen molar-refractivity contribution < 1.29 is 4.74 Å². The molecule has 1 aromatic rings. The molecule has 2 heteroatoms. The van der Waals surface area contributed by atoms with Crippen LogP contribution in [0.3, 0.4) is 0 Å². The normalized spacial score (nSPS) is 12.6. The SMILES string of the molecule is C=Cc1cc(S(C)(C)C)ccc1OC(C)C. The van der Waals surface area contributed by atoms with Gasteiger partial charge in [-0.15, -0.1) is 0 Å². The number of benzene rings is 1. The van der Waals surface area contributed by atoms with Gasteiger partial charge in [-0.2, -0.15) is 0 Å². The third-order valence-corrected chi connectivity index (χ3v) is 3.94. The highest BCUT2D eigenvalue weighted by Gasteiger charge is 2.11. The third-order valence-electron chi connectivity index (χ3n) is 2.27. The lowest BCUT2D eigenvalue weighted by Gasteiger charge is -2.26. The molecule has 0 bridgehead atoms. The molecule has 0 heterocycles. The second-order valence-electron chi connectivity index (χ2n) is 4.91. The molecule has 0 unspecified atom stereocenters. The van der Waals surface area contributed by atoms with Crippen LogP contribution in [-0.2, 0) is 0 Å². The number of hydrogen-bond acceptors (Lipinski definition) is 1. The second kappa shape index (κ2) is 4.96. The molecule has 0 spiro atoms. The fourth-order valence-corrected chi connectivity index (χ4v) is 2.39. The van der Waals surface area contributed by atoms with Gasteiger partial charge in [0, 0.05) is 5.56 Å². The first-order chi connectivity index (χ1) is 7.34. The number of rotatable bonds is 4. The van der Waals surface area contributed by atoms with Crippen molar-refractivity contribution in [3.05, 3.63) is 30.3 Å². The van der Waals surface area contributed by atoms with E-state index in [0.29, 0.717) is 0 Å². The van der Waals surface area contributed by atoms with Gasteiger partial charge >= 0.3 is 0 Å². The molecular weight excluding hydrogens is 216 g/mol. The molecule has 16 heavy (non-hydrogen) atoms. The first kappa shape index (κ1) is 13.2. The lowest BCUT2D eigenvalue weighted by molar-refractivity contribution is 0.242. The zero-order valence-electron chi connectivity index (χ0n) is 10.9. The van der Waals surface area contributed by atoms with Crippen LogP contribution in [-0.4, -0.2) is 24.9 Å². The van der Waals surface area contributed by atoms with Crippen LogP contribution in [0.2, 0.25) is 0 Å². The van der Waals surface area contributed by atoms with Crippen molar-refractivity contribution in [3.8, 4) is 5.75 Å². The van der Waals surface area contributed by atoms with Crippen molar-refractivity contribution in [2.75, 3.05) is 18.8 Å². The molecule has 0 aliphatic rings. The summed E-state index contributed by atoms with van der Waals surface area (Å²) in [5, 5.41) is 0. The number of ether oxygens (including phenoxy) is 1. The summed E-state index contributed by atoms with van der Waals surface area (Å²) in [6.07, 6.45) is 8.94. The van der Waals surface area contributed by atoms with E-state index in [2.05, 4.69) is 43.5 Å². The van der Waals surface area contributed by atoms with Crippen molar-refractivity contribution in [2.24, 2.45) is 0 Å². The zero-order chi connectivity index (χ0) is 12.3. The highest BCUT2D eigenvalue weighted by Crippen LogP contribution is 2.46. The molecule has 0 fully saturated rings. The molecule has 0 N–H and O–H groups in total. The second-order valence-corrected chi connectivity index (χ2v) is 9.05. The van der Waals surface area contributed by atoms with Gasteiger partial charge in [0.05, 0.1) is 6.10 Å². The summed E-state index contributed by atoms with van der Waals surface area (Å²) >= 11 is 0. The minimum absolute atomic E-state index is 0.200. The van der Waals surface area contributed by atoms with Crippen LogP contribution in [0.4, 0.5) is 0 Å². The van der Waals surface area contributed by atoms with Crippen molar-refractivity contribution in [2.45, 2.75) is 24.8 Å². The van der Waals surface area contributed by atoms with Gasteiger partial charge in [-0.05, 0) is 55.7 Å². The lowest BCUT2D eigenvalue weighted by atomic mass is 10.2. The summed E-state index contributed by atoms with van der Waals surface area (Å²) in [6.45, 7) is 7.93. The maximum atomic E-state index is 5.74. The predicted molar refractivity (Wildman–Crippen MR) is 75.9 cm³/mol. The van der Waals surface area contributed by atoms with Crippen molar-refractivity contribution in [3.63, 3.8) is 0 Å². The van der Waals surface area contributed by atoms with Crippen LogP contribution < -0.4 is 4.74 Å². The standard InChI is InChI=1S/C14H22OS/c1-7-12-10-13(16(4,5)6)8-9-14(12)15-11(2)3/h7-11H,1H2,2-6H3. The lowest BCUT2D eigenvalue weighted by Crippen LogP contribution is -2.07. The van der Waals surface area contributed by atoms with Gasteiger partial charge in [0.2, 0.25) is 0 Å². The molecular formula is C14H22OS. The van der Waals surface area contributed by atoms with Crippen molar-refractivity contribution in [1.29, 1.82) is 0 Å². The summed E-state index contributed by atoms with van der Waals surface area (Å²) in [5.41, 5.74) is 1.09. The van der Waals surface area contributed by atoms with E-state index < -0.39 is 10.0 Å². The van der Waals surface area contributed by atoms with E-state index >= 15 is 0 Å². The van der Waals surface area contributed by atoms with Crippen molar-refractivity contribution >= 4 is 16.1 Å². The average Bonchev–Trinajstić information content (AvgIpc) is 2.15. The molecule has 90 valence electrons. The molecule has 0 saturated heterocycles. The monoisotopic (exact) mass is 238 g/mol. The Morgan fingerprint density at radius 2 is 1.88 bits per heavy atom. The largest absolute Gasteiger partial charge is 0.490 e. The molecule has 1 aromatic carbocycles. The molecule has 0 aliphatic carbocycles. The average molecular weight is 238 g/mol. The van der Waals surface area contributed by atoms with Gasteiger partial charge in [-0.25, -0.2) is 10.0 Å². The molecule has 1 nitrogen and oxygen atoms in total. The third kappa shape index (κ3) is 3.31. The maximum Gasteiger partial charge on any atom is 0.126 e. The first-order valence-corrected chi connectivity index (χ1v) is 8.32. The van der Waals surface area contributed by atoms with Crippen LogP contribution in [0.5, 0.6) is 5.75 Å². The van der Waals surface area contributed by atoms with Gasteiger partial charge in [0.15, 0.2) is 0 Å². The minimum Gasteiger partial charge on any atom is -0.490 e. The maximum absolute atomic E-state index is 5.74. The molecule has 0 atom stereocenters. The van der Waals surface area contributed by atoms with Gasteiger partial charge in [0.25, 0.3) is 0 Å². The fraction of sp³-hybridized carbons (Fsp3) is 0.429. The first-order valence-electron chi connectivity index (χ1n) is 5.46. The highest BCUT2D eigenvalue weighted by atomic mass is 32.3. The summed E-state index contributed by atoms with van der Waals surface area (Å²) in [7, 11) is -0.684. The number of hydrogen-bond donors (Lipinski definition) is 0. The Morgan fingerprint density at radius 3 is 2.31 bits per heavy atom. The van der Waals surface area contributed by atoms with E-state index in [0.717, 1.165) is 11.3 Å². The van der Waals surface area contributed by atoms with Crippen molar-refractivity contribution in [1.82, 2.24) is 0 Å². The quantitative estimate of drug-likeness (QED) is 0.765. The van der Waals surface area contributed by atoms with E-state index in [-0.39, 0.29) is 6.10 Å². The Bertz CT molecular complexity index is 375. The summed E-state index contributed by atoms with van der Waals surface area (Å²) in [4.78, 5) is 1.39. The summed E-state index contributed by atoms with van der Waals surface area (Å²) in [6, 6.07) is 6.42. The molecule has 0 aliphatic heterocycles. The van der Waals surface area contributed by atoms with Gasteiger partial charge in [-0.3, -0.25) is 0 Å². The van der Waals surface area contributed by atoms with Gasteiger partial charge in [0.1, 0.15) is 5.75 Å². The smallest absolute Gasteiger partial charge is 0.126 e. The van der Waals surface area contributed by atoms with E-state index in [4.69, 9.17) is 4.74 Å². The Kier molecular flexibility index (Phi) is 4.09. The Hall–Kier alpha value is -0.890. The Balaban J connectivity index is 3.12. The Morgan fingerprint density at radius 1 is 1.25 bits per heavy atom. The molecule has 0 amide bonds. The van der Waals surface area contributed by atoms with E-state index in [1.165, 1.54) is 4.90 Å². The van der Waals surface area contributed by atoms with Crippen LogP contribution in [0, 0.1) is 0 Å². The van der Waals surface area contributed by atoms with Crippen LogP contribution >= 0.6 is 10.0 Å². The predicted octanol–water partition coefficient (Wildman–Crippen LogP) is 4.17. The minimum atomic E-state index is -0.684. The van der Waals surface area contributed by atoms with Gasteiger partial charge in [-0.1, -0.05) is 12.7 Å². The highest BCUT2D eigenvalue weighted by molar-refractivity contribution is 8.32. The zero-order valence-corrected chi connectivity index (χ0v) is 11.7. The van der Waals surface area contributed by atoms with Gasteiger partial charge < -0.3 is 4.74 Å². The molecule has 0 radical (unpaired) electrons. The van der Waals surface area contributed by atoms with E-state index in [1.807, 2.05) is 19.9 Å². The van der Waals surface area contributed by atoms with Crippen LogP contribution in [0.15, 0.2) is 29.7 Å². The summed E-state index contributed by atoms with van der Waals surface area (Å²) in [5.74, 6) is 0.928. The molecule has 0 aromatic heterocycles.